The first-order valence-corrected chi connectivity index (χ1v) is 11.6. The van der Waals surface area contributed by atoms with E-state index in [1.54, 1.807) is 6.20 Å². The normalized spacial score (nSPS) is 13.8. The molecule has 8 heteroatoms. The summed E-state index contributed by atoms with van der Waals surface area (Å²) in [5.74, 6) is 0.0836. The zero-order valence-electron chi connectivity index (χ0n) is 18.2. The van der Waals surface area contributed by atoms with Crippen molar-refractivity contribution in [1.82, 2.24) is 25.6 Å². The molecule has 7 nitrogen and oxygen atoms in total. The molecule has 0 aliphatic carbocycles. The van der Waals surface area contributed by atoms with Gasteiger partial charge < -0.3 is 16.4 Å². The minimum absolute atomic E-state index is 0.157. The molecule has 166 valence electrons. The number of aromatic nitrogens is 3. The number of hydrogen-bond donors (Lipinski definition) is 3. The van der Waals surface area contributed by atoms with Crippen LogP contribution in [0.1, 0.15) is 43.1 Å². The number of rotatable bonds is 5. The quantitative estimate of drug-likeness (QED) is 0.423. The lowest BCUT2D eigenvalue weighted by atomic mass is 9.93. The van der Waals surface area contributed by atoms with Crippen molar-refractivity contribution in [3.63, 3.8) is 0 Å². The lowest BCUT2D eigenvalue weighted by Crippen LogP contribution is -2.29. The molecule has 1 amide bonds. The summed E-state index contributed by atoms with van der Waals surface area (Å²) in [6, 6.07) is 17.6. The first-order valence-electron chi connectivity index (χ1n) is 10.8. The first kappa shape index (κ1) is 21.2. The maximum Gasteiger partial charge on any atom is 0.281 e. The molecule has 1 aliphatic heterocycles. The van der Waals surface area contributed by atoms with Gasteiger partial charge in [-0.1, -0.05) is 42.5 Å². The van der Waals surface area contributed by atoms with Gasteiger partial charge in [0.05, 0.1) is 17.4 Å². The van der Waals surface area contributed by atoms with Gasteiger partial charge in [0.1, 0.15) is 0 Å². The molecule has 0 saturated carbocycles. The highest BCUT2D eigenvalue weighted by atomic mass is 32.1. The third-order valence-electron chi connectivity index (χ3n) is 5.76. The van der Waals surface area contributed by atoms with Gasteiger partial charge in [-0.3, -0.25) is 4.79 Å². The zero-order chi connectivity index (χ0) is 22.8. The third-order valence-corrected chi connectivity index (χ3v) is 6.85. The number of thiazole rings is 1. The molecular formula is C25H24N6OS. The van der Waals surface area contributed by atoms with Gasteiger partial charge >= 0.3 is 0 Å². The zero-order valence-corrected chi connectivity index (χ0v) is 19.0. The highest BCUT2D eigenvalue weighted by molar-refractivity contribution is 7.13. The molecule has 1 unspecified atom stereocenters. The smallest absolute Gasteiger partial charge is 0.281 e. The Morgan fingerprint density at radius 1 is 1.15 bits per heavy atom. The first-order chi connectivity index (χ1) is 16.1. The Balaban J connectivity index is 1.48. The molecule has 5 rings (SSSR count). The summed E-state index contributed by atoms with van der Waals surface area (Å²) in [7, 11) is 0. The number of amides is 1. The van der Waals surface area contributed by atoms with Crippen molar-refractivity contribution >= 4 is 23.2 Å². The van der Waals surface area contributed by atoms with Crippen LogP contribution < -0.4 is 16.4 Å². The molecule has 0 saturated heterocycles. The van der Waals surface area contributed by atoms with Gasteiger partial charge in [0, 0.05) is 36.1 Å². The lowest BCUT2D eigenvalue weighted by molar-refractivity contribution is 0.0942. The average Bonchev–Trinajstić information content (AvgIpc) is 3.28. The molecule has 0 radical (unpaired) electrons. The SMILES string of the molecule is Cc1cc(-c2ccnc(N)n2)ccc1C(NC(=O)c1nc2c(s1)CNCC2)c1ccccc1. The highest BCUT2D eigenvalue weighted by Gasteiger charge is 2.24. The van der Waals surface area contributed by atoms with E-state index in [1.165, 1.54) is 11.3 Å². The van der Waals surface area contributed by atoms with E-state index in [9.17, 15) is 4.79 Å². The summed E-state index contributed by atoms with van der Waals surface area (Å²) in [6.45, 7) is 3.71. The van der Waals surface area contributed by atoms with E-state index >= 15 is 0 Å². The van der Waals surface area contributed by atoms with Crippen LogP contribution in [0.2, 0.25) is 0 Å². The van der Waals surface area contributed by atoms with Crippen molar-refractivity contribution < 1.29 is 4.79 Å². The van der Waals surface area contributed by atoms with Crippen LogP contribution in [0.3, 0.4) is 0 Å². The number of aryl methyl sites for hydroxylation is 1. The number of nitrogens with two attached hydrogens (primary N) is 1. The van der Waals surface area contributed by atoms with E-state index < -0.39 is 0 Å². The van der Waals surface area contributed by atoms with Crippen LogP contribution in [0.4, 0.5) is 5.95 Å². The van der Waals surface area contributed by atoms with Crippen LogP contribution in [0.5, 0.6) is 0 Å². The molecule has 0 fully saturated rings. The van der Waals surface area contributed by atoms with Crippen LogP contribution in [-0.4, -0.2) is 27.4 Å². The van der Waals surface area contributed by atoms with E-state index in [0.29, 0.717) is 5.01 Å². The number of anilines is 1. The van der Waals surface area contributed by atoms with Gasteiger partial charge in [0.25, 0.3) is 5.91 Å². The molecule has 33 heavy (non-hydrogen) atoms. The second-order valence-electron chi connectivity index (χ2n) is 8.00. The predicted octanol–water partition coefficient (Wildman–Crippen LogP) is 3.66. The minimum atomic E-state index is -0.303. The summed E-state index contributed by atoms with van der Waals surface area (Å²) >= 11 is 1.47. The van der Waals surface area contributed by atoms with Crippen LogP contribution >= 0.6 is 11.3 Å². The highest BCUT2D eigenvalue weighted by Crippen LogP contribution is 2.30. The fraction of sp³-hybridized carbons (Fsp3) is 0.200. The fourth-order valence-corrected chi connectivity index (χ4v) is 5.08. The molecule has 2 aromatic carbocycles. The van der Waals surface area contributed by atoms with Crippen molar-refractivity contribution in [2.24, 2.45) is 0 Å². The van der Waals surface area contributed by atoms with Crippen LogP contribution in [0, 0.1) is 6.92 Å². The lowest BCUT2D eigenvalue weighted by Gasteiger charge is -2.22. The largest absolute Gasteiger partial charge is 0.368 e. The number of carbonyl (C=O) groups is 1. The van der Waals surface area contributed by atoms with Gasteiger partial charge in [-0.25, -0.2) is 15.0 Å². The molecule has 1 aliphatic rings. The number of benzene rings is 2. The van der Waals surface area contributed by atoms with E-state index in [0.717, 1.165) is 58.0 Å². The Morgan fingerprint density at radius 3 is 2.76 bits per heavy atom. The second-order valence-corrected chi connectivity index (χ2v) is 9.09. The number of nitrogens with one attached hydrogen (secondary N) is 2. The van der Waals surface area contributed by atoms with Gasteiger partial charge in [0.2, 0.25) is 5.95 Å². The van der Waals surface area contributed by atoms with E-state index in [-0.39, 0.29) is 17.9 Å². The van der Waals surface area contributed by atoms with Gasteiger partial charge in [-0.2, -0.15) is 0 Å². The summed E-state index contributed by atoms with van der Waals surface area (Å²) < 4.78 is 0. The van der Waals surface area contributed by atoms with Gasteiger partial charge in [-0.15, -0.1) is 11.3 Å². The summed E-state index contributed by atoms with van der Waals surface area (Å²) in [5.41, 5.74) is 11.6. The van der Waals surface area contributed by atoms with Crippen LogP contribution in [0.25, 0.3) is 11.3 Å². The van der Waals surface area contributed by atoms with Crippen molar-refractivity contribution in [3.05, 3.63) is 93.1 Å². The molecule has 4 aromatic rings. The monoisotopic (exact) mass is 456 g/mol. The second kappa shape index (κ2) is 9.09. The number of fused-ring (bicyclic) bond motifs is 1. The Morgan fingerprint density at radius 2 is 2.00 bits per heavy atom. The number of hydrogen-bond acceptors (Lipinski definition) is 7. The van der Waals surface area contributed by atoms with Crippen molar-refractivity contribution in [3.8, 4) is 11.3 Å². The molecule has 1 atom stereocenters. The maximum absolute atomic E-state index is 13.2. The van der Waals surface area contributed by atoms with E-state index in [4.69, 9.17) is 5.73 Å². The Hall–Kier alpha value is -3.62. The van der Waals surface area contributed by atoms with Crippen molar-refractivity contribution in [1.29, 1.82) is 0 Å². The molecular weight excluding hydrogens is 432 g/mol. The minimum Gasteiger partial charge on any atom is -0.368 e. The summed E-state index contributed by atoms with van der Waals surface area (Å²) in [6.07, 6.45) is 2.51. The average molecular weight is 457 g/mol. The fourth-order valence-electron chi connectivity index (χ4n) is 4.10. The Bertz CT molecular complexity index is 1280. The molecule has 2 aromatic heterocycles. The van der Waals surface area contributed by atoms with Gasteiger partial charge in [0.15, 0.2) is 5.01 Å². The summed E-state index contributed by atoms with van der Waals surface area (Å²) in [4.78, 5) is 27.3. The third kappa shape index (κ3) is 4.48. The standard InChI is InChI=1S/C25H24N6OS/c1-15-13-17(19-10-12-28-25(26)30-19)7-8-18(15)22(16-5-3-2-4-6-16)31-23(32)24-29-20-9-11-27-14-21(20)33-24/h2-8,10,12-13,22,27H,9,11,14H2,1H3,(H,31,32)(H2,26,28,30). The van der Waals surface area contributed by atoms with Crippen LogP contribution in [0.15, 0.2) is 60.8 Å². The van der Waals surface area contributed by atoms with Gasteiger partial charge in [-0.05, 0) is 35.7 Å². The molecule has 3 heterocycles. The Labute approximate surface area is 196 Å². The number of nitrogens with zero attached hydrogens (tertiary/aromatic N) is 3. The number of carbonyl (C=O) groups excluding carboxylic acids is 1. The van der Waals surface area contributed by atoms with E-state index in [2.05, 4.69) is 31.7 Å². The topological polar surface area (TPSA) is 106 Å². The molecule has 0 bridgehead atoms. The maximum atomic E-state index is 13.2. The van der Waals surface area contributed by atoms with Crippen molar-refractivity contribution in [2.75, 3.05) is 12.3 Å². The summed E-state index contributed by atoms with van der Waals surface area (Å²) in [5, 5.41) is 7.07. The Kier molecular flexibility index (Phi) is 5.85. The molecule has 0 spiro atoms. The molecule has 4 N–H and O–H groups in total. The van der Waals surface area contributed by atoms with Crippen LogP contribution in [-0.2, 0) is 13.0 Å². The van der Waals surface area contributed by atoms with E-state index in [1.807, 2.05) is 55.5 Å². The van der Waals surface area contributed by atoms with Crippen molar-refractivity contribution in [2.45, 2.75) is 25.9 Å². The number of nitrogen functional groups attached to an aromatic ring is 1. The predicted molar refractivity (Wildman–Crippen MR) is 130 cm³/mol.